The van der Waals surface area contributed by atoms with Gasteiger partial charge in [-0.05, 0) is 19.1 Å². The fourth-order valence-corrected chi connectivity index (χ4v) is 2.69. The van der Waals surface area contributed by atoms with E-state index in [-0.39, 0.29) is 16.8 Å². The van der Waals surface area contributed by atoms with Gasteiger partial charge in [-0.3, -0.25) is 9.59 Å². The highest BCUT2D eigenvalue weighted by Gasteiger charge is 2.18. The van der Waals surface area contributed by atoms with E-state index in [1.807, 2.05) is 0 Å². The number of anilines is 1. The fraction of sp³-hybridized carbons (Fsp3) is 0.0714. The third-order valence-corrected chi connectivity index (χ3v) is 3.80. The molecule has 0 radical (unpaired) electrons. The summed E-state index contributed by atoms with van der Waals surface area (Å²) in [5.41, 5.74) is 0.213. The smallest absolute Gasteiger partial charge is 0.275 e. The second kappa shape index (κ2) is 5.37. The van der Waals surface area contributed by atoms with Gasteiger partial charge in [-0.15, -0.1) is 11.3 Å². The summed E-state index contributed by atoms with van der Waals surface area (Å²) < 4.78 is 5.27. The van der Waals surface area contributed by atoms with Crippen molar-refractivity contribution in [2.45, 2.75) is 6.92 Å². The van der Waals surface area contributed by atoms with Crippen molar-refractivity contribution in [3.05, 3.63) is 57.7 Å². The predicted octanol–water partition coefficient (Wildman–Crippen LogP) is 2.65. The van der Waals surface area contributed by atoms with Gasteiger partial charge in [-0.1, -0.05) is 0 Å². The highest BCUT2D eigenvalue weighted by atomic mass is 32.1. The van der Waals surface area contributed by atoms with Gasteiger partial charge in [0.15, 0.2) is 10.8 Å². The molecule has 3 rings (SSSR count). The maximum Gasteiger partial charge on any atom is 0.275 e. The zero-order valence-electron chi connectivity index (χ0n) is 11.0. The van der Waals surface area contributed by atoms with Crippen LogP contribution in [0.2, 0.25) is 0 Å². The highest BCUT2D eigenvalue weighted by molar-refractivity contribution is 7.15. The van der Waals surface area contributed by atoms with E-state index in [0.29, 0.717) is 10.8 Å². The van der Waals surface area contributed by atoms with Gasteiger partial charge in [0.05, 0.1) is 6.26 Å². The number of hydrogen-bond donors (Lipinski definition) is 2. The number of furan rings is 1. The van der Waals surface area contributed by atoms with Crippen LogP contribution in [0.3, 0.4) is 0 Å². The molecule has 0 aromatic carbocycles. The minimum Gasteiger partial charge on any atom is -0.462 e. The molecule has 7 heteroatoms. The number of hydrogen-bond acceptors (Lipinski definition) is 5. The van der Waals surface area contributed by atoms with Gasteiger partial charge in [0.25, 0.3) is 5.91 Å². The Morgan fingerprint density at radius 1 is 1.43 bits per heavy atom. The van der Waals surface area contributed by atoms with E-state index in [4.69, 9.17) is 4.42 Å². The second-order valence-electron chi connectivity index (χ2n) is 4.28. The SMILES string of the molecule is Cc1sc(-c2ccco2)nc1C(=O)Nc1c[nH]ccc1=O. The Morgan fingerprint density at radius 2 is 2.29 bits per heavy atom. The Hall–Kier alpha value is -2.67. The first kappa shape index (κ1) is 13.3. The van der Waals surface area contributed by atoms with E-state index < -0.39 is 5.91 Å². The summed E-state index contributed by atoms with van der Waals surface area (Å²) in [6.07, 6.45) is 4.49. The number of nitrogens with zero attached hydrogens (tertiary/aromatic N) is 1. The van der Waals surface area contributed by atoms with Crippen LogP contribution in [0.5, 0.6) is 0 Å². The number of amides is 1. The molecule has 0 saturated carbocycles. The van der Waals surface area contributed by atoms with Crippen molar-refractivity contribution in [2.24, 2.45) is 0 Å². The summed E-state index contributed by atoms with van der Waals surface area (Å²) in [6, 6.07) is 4.88. The number of thiazole rings is 1. The minimum absolute atomic E-state index is 0.189. The number of aromatic nitrogens is 2. The van der Waals surface area contributed by atoms with Crippen LogP contribution in [-0.2, 0) is 0 Å². The maximum absolute atomic E-state index is 12.2. The topological polar surface area (TPSA) is 88.0 Å². The van der Waals surface area contributed by atoms with Crippen LogP contribution in [0.25, 0.3) is 10.8 Å². The second-order valence-corrected chi connectivity index (χ2v) is 5.48. The molecule has 0 unspecified atom stereocenters. The largest absolute Gasteiger partial charge is 0.462 e. The number of H-pyrrole nitrogens is 1. The Bertz CT molecular complexity index is 833. The van der Waals surface area contributed by atoms with E-state index in [2.05, 4.69) is 15.3 Å². The van der Waals surface area contributed by atoms with Crippen LogP contribution in [0.1, 0.15) is 15.4 Å². The number of nitrogens with one attached hydrogen (secondary N) is 2. The molecule has 0 bridgehead atoms. The van der Waals surface area contributed by atoms with Crippen molar-refractivity contribution in [2.75, 3.05) is 5.32 Å². The van der Waals surface area contributed by atoms with Gasteiger partial charge in [-0.25, -0.2) is 4.98 Å². The minimum atomic E-state index is -0.418. The Balaban J connectivity index is 1.89. The molecular formula is C14H11N3O3S. The van der Waals surface area contributed by atoms with Crippen LogP contribution in [0.15, 0.2) is 46.1 Å². The lowest BCUT2D eigenvalue weighted by Crippen LogP contribution is -2.18. The summed E-state index contributed by atoms with van der Waals surface area (Å²) >= 11 is 1.36. The van der Waals surface area contributed by atoms with E-state index >= 15 is 0 Å². The highest BCUT2D eigenvalue weighted by Crippen LogP contribution is 2.28. The summed E-state index contributed by atoms with van der Waals surface area (Å²) in [5, 5.41) is 3.19. The van der Waals surface area contributed by atoms with Gasteiger partial charge < -0.3 is 14.7 Å². The quantitative estimate of drug-likeness (QED) is 0.778. The number of carbonyl (C=O) groups is 1. The maximum atomic E-state index is 12.2. The Labute approximate surface area is 123 Å². The summed E-state index contributed by atoms with van der Waals surface area (Å²) in [6.45, 7) is 1.80. The Kier molecular flexibility index (Phi) is 3.41. The first-order chi connectivity index (χ1) is 10.1. The molecule has 3 heterocycles. The van der Waals surface area contributed by atoms with Crippen LogP contribution >= 0.6 is 11.3 Å². The van der Waals surface area contributed by atoms with E-state index in [1.54, 1.807) is 25.3 Å². The molecule has 0 aliphatic rings. The molecule has 3 aromatic heterocycles. The molecule has 0 atom stereocenters. The Morgan fingerprint density at radius 3 is 3.00 bits per heavy atom. The standard InChI is InChI=1S/C14H11N3O3S/c1-8-12(17-14(21-8)11-3-2-6-20-11)13(19)16-9-7-15-5-4-10(9)18/h2-7H,1H3,(H,15,18)(H,16,19). The van der Waals surface area contributed by atoms with E-state index in [9.17, 15) is 9.59 Å². The van der Waals surface area contributed by atoms with Crippen molar-refractivity contribution >= 4 is 22.9 Å². The third-order valence-electron chi connectivity index (χ3n) is 2.82. The van der Waals surface area contributed by atoms with Gasteiger partial charge in [-0.2, -0.15) is 0 Å². The molecule has 0 spiro atoms. The van der Waals surface area contributed by atoms with Crippen LogP contribution in [0.4, 0.5) is 5.69 Å². The number of pyridine rings is 1. The summed E-state index contributed by atoms with van der Waals surface area (Å²) in [7, 11) is 0. The zero-order valence-corrected chi connectivity index (χ0v) is 11.9. The molecule has 21 heavy (non-hydrogen) atoms. The zero-order chi connectivity index (χ0) is 14.8. The molecule has 106 valence electrons. The monoisotopic (exact) mass is 301 g/mol. The van der Waals surface area contributed by atoms with Gasteiger partial charge in [0.2, 0.25) is 5.43 Å². The average molecular weight is 301 g/mol. The fourth-order valence-electron chi connectivity index (χ4n) is 1.81. The normalized spacial score (nSPS) is 10.5. The first-order valence-electron chi connectivity index (χ1n) is 6.15. The van der Waals surface area contributed by atoms with E-state index in [1.165, 1.54) is 29.8 Å². The van der Waals surface area contributed by atoms with Crippen molar-refractivity contribution in [1.29, 1.82) is 0 Å². The predicted molar refractivity (Wildman–Crippen MR) is 79.6 cm³/mol. The van der Waals surface area contributed by atoms with Crippen LogP contribution < -0.4 is 10.7 Å². The lowest BCUT2D eigenvalue weighted by atomic mass is 10.3. The van der Waals surface area contributed by atoms with Crippen molar-refractivity contribution in [3.8, 4) is 10.8 Å². The number of aromatic amines is 1. The van der Waals surface area contributed by atoms with Crippen LogP contribution in [-0.4, -0.2) is 15.9 Å². The number of aryl methyl sites for hydroxylation is 1. The van der Waals surface area contributed by atoms with Crippen molar-refractivity contribution in [1.82, 2.24) is 9.97 Å². The van der Waals surface area contributed by atoms with Gasteiger partial charge >= 0.3 is 0 Å². The van der Waals surface area contributed by atoms with Gasteiger partial charge in [0, 0.05) is 23.3 Å². The molecule has 2 N–H and O–H groups in total. The molecule has 6 nitrogen and oxygen atoms in total. The molecular weight excluding hydrogens is 290 g/mol. The lowest BCUT2D eigenvalue weighted by Gasteiger charge is -2.02. The molecule has 0 aliphatic carbocycles. The summed E-state index contributed by atoms with van der Waals surface area (Å²) in [4.78, 5) is 31.6. The van der Waals surface area contributed by atoms with Crippen molar-refractivity contribution in [3.63, 3.8) is 0 Å². The third kappa shape index (κ3) is 2.63. The van der Waals surface area contributed by atoms with Crippen LogP contribution in [0, 0.1) is 6.92 Å². The van der Waals surface area contributed by atoms with Crippen molar-refractivity contribution < 1.29 is 9.21 Å². The average Bonchev–Trinajstić information content (AvgIpc) is 3.10. The molecule has 0 fully saturated rings. The molecule has 3 aromatic rings. The van der Waals surface area contributed by atoms with Gasteiger partial charge in [0.1, 0.15) is 11.4 Å². The summed E-state index contributed by atoms with van der Waals surface area (Å²) in [5.74, 6) is 0.193. The molecule has 0 saturated heterocycles. The first-order valence-corrected chi connectivity index (χ1v) is 6.96. The molecule has 0 aliphatic heterocycles. The number of rotatable bonds is 3. The lowest BCUT2D eigenvalue weighted by molar-refractivity contribution is 0.102. The number of carbonyl (C=O) groups excluding carboxylic acids is 1. The van der Waals surface area contributed by atoms with E-state index in [0.717, 1.165) is 4.88 Å². The molecule has 1 amide bonds.